The van der Waals surface area contributed by atoms with Gasteiger partial charge in [0.25, 0.3) is 5.91 Å². The smallest absolute Gasteiger partial charge is 0.254 e. The summed E-state index contributed by atoms with van der Waals surface area (Å²) < 4.78 is 0.654. The molecule has 0 bridgehead atoms. The standard InChI is InChI=1S/C16H15BrN2O2/c17-15-9-12(6-7-18-15)16(21)19(13-4-5-13)10-11-2-1-3-14(20)8-11/h1-3,6-9,13,20H,4-5,10H2. The lowest BCUT2D eigenvalue weighted by Gasteiger charge is -2.22. The fraction of sp³-hybridized carbons (Fsp3) is 0.250. The third kappa shape index (κ3) is 3.42. The molecule has 1 aliphatic rings. The van der Waals surface area contributed by atoms with Gasteiger partial charge in [0.15, 0.2) is 0 Å². The summed E-state index contributed by atoms with van der Waals surface area (Å²) in [4.78, 5) is 18.6. The van der Waals surface area contributed by atoms with Crippen molar-refractivity contribution < 1.29 is 9.90 Å². The van der Waals surface area contributed by atoms with Gasteiger partial charge in [-0.1, -0.05) is 12.1 Å². The summed E-state index contributed by atoms with van der Waals surface area (Å²) in [5.41, 5.74) is 1.56. The number of phenols is 1. The first kappa shape index (κ1) is 14.1. The van der Waals surface area contributed by atoms with E-state index in [1.807, 2.05) is 11.0 Å². The molecule has 108 valence electrons. The Hall–Kier alpha value is -1.88. The second-order valence-corrected chi connectivity index (χ2v) is 6.01. The van der Waals surface area contributed by atoms with E-state index in [2.05, 4.69) is 20.9 Å². The quantitative estimate of drug-likeness (QED) is 0.863. The number of aromatic hydroxyl groups is 1. The first-order chi connectivity index (χ1) is 10.1. The van der Waals surface area contributed by atoms with Gasteiger partial charge in [0.1, 0.15) is 10.4 Å². The van der Waals surface area contributed by atoms with Gasteiger partial charge in [0.2, 0.25) is 0 Å². The normalized spacial score (nSPS) is 14.0. The second kappa shape index (κ2) is 5.85. The summed E-state index contributed by atoms with van der Waals surface area (Å²) in [6, 6.07) is 10.8. The van der Waals surface area contributed by atoms with Gasteiger partial charge >= 0.3 is 0 Å². The largest absolute Gasteiger partial charge is 0.508 e. The molecule has 0 spiro atoms. The van der Waals surface area contributed by atoms with Gasteiger partial charge in [-0.3, -0.25) is 4.79 Å². The number of phenolic OH excluding ortho intramolecular Hbond substituents is 1. The Bertz CT molecular complexity index is 671. The molecule has 21 heavy (non-hydrogen) atoms. The molecule has 1 saturated carbocycles. The van der Waals surface area contributed by atoms with E-state index >= 15 is 0 Å². The van der Waals surface area contributed by atoms with Gasteiger partial charge in [-0.25, -0.2) is 4.98 Å². The molecule has 3 rings (SSSR count). The lowest BCUT2D eigenvalue weighted by molar-refractivity contribution is 0.0729. The number of hydrogen-bond acceptors (Lipinski definition) is 3. The molecule has 0 radical (unpaired) electrons. The first-order valence-corrected chi connectivity index (χ1v) is 7.63. The molecule has 1 amide bonds. The van der Waals surface area contributed by atoms with E-state index in [1.165, 1.54) is 0 Å². The minimum Gasteiger partial charge on any atom is -0.508 e. The Morgan fingerprint density at radius 3 is 2.81 bits per heavy atom. The van der Waals surface area contributed by atoms with E-state index in [0.717, 1.165) is 18.4 Å². The average molecular weight is 347 g/mol. The Kier molecular flexibility index (Phi) is 3.92. The highest BCUT2D eigenvalue weighted by Crippen LogP contribution is 2.30. The summed E-state index contributed by atoms with van der Waals surface area (Å²) >= 11 is 3.29. The summed E-state index contributed by atoms with van der Waals surface area (Å²) in [7, 11) is 0. The van der Waals surface area contributed by atoms with Crippen molar-refractivity contribution in [1.29, 1.82) is 0 Å². The number of pyridine rings is 1. The van der Waals surface area contributed by atoms with E-state index in [9.17, 15) is 9.90 Å². The Morgan fingerprint density at radius 1 is 1.33 bits per heavy atom. The van der Waals surface area contributed by atoms with Crippen LogP contribution in [0.25, 0.3) is 0 Å². The molecule has 5 heteroatoms. The molecule has 4 nitrogen and oxygen atoms in total. The van der Waals surface area contributed by atoms with Crippen LogP contribution in [0.15, 0.2) is 47.2 Å². The molecule has 0 saturated heterocycles. The number of amides is 1. The van der Waals surface area contributed by atoms with Gasteiger partial charge in [-0.2, -0.15) is 0 Å². The zero-order chi connectivity index (χ0) is 14.8. The molecule has 1 aliphatic carbocycles. The van der Waals surface area contributed by atoms with E-state index in [-0.39, 0.29) is 11.7 Å². The monoisotopic (exact) mass is 346 g/mol. The molecule has 0 atom stereocenters. The third-order valence-electron chi connectivity index (χ3n) is 3.49. The topological polar surface area (TPSA) is 53.4 Å². The molecule has 0 aliphatic heterocycles. The maximum absolute atomic E-state index is 12.7. The Labute approximate surface area is 131 Å². The zero-order valence-electron chi connectivity index (χ0n) is 11.4. The maximum atomic E-state index is 12.7. The molecular weight excluding hydrogens is 332 g/mol. The molecular formula is C16H15BrN2O2. The number of carbonyl (C=O) groups excluding carboxylic acids is 1. The lowest BCUT2D eigenvalue weighted by atomic mass is 10.1. The van der Waals surface area contributed by atoms with Crippen LogP contribution in [0.2, 0.25) is 0 Å². The van der Waals surface area contributed by atoms with Crippen LogP contribution in [0.3, 0.4) is 0 Å². The van der Waals surface area contributed by atoms with E-state index in [4.69, 9.17) is 0 Å². The van der Waals surface area contributed by atoms with E-state index in [1.54, 1.807) is 36.5 Å². The summed E-state index contributed by atoms with van der Waals surface area (Å²) in [6.07, 6.45) is 3.70. The average Bonchev–Trinajstić information content (AvgIpc) is 3.29. The van der Waals surface area contributed by atoms with Crippen LogP contribution in [0.4, 0.5) is 0 Å². The van der Waals surface area contributed by atoms with Gasteiger partial charge in [-0.05, 0) is 58.6 Å². The number of nitrogens with zero attached hydrogens (tertiary/aromatic N) is 2. The maximum Gasteiger partial charge on any atom is 0.254 e. The predicted octanol–water partition coefficient (Wildman–Crippen LogP) is 3.35. The molecule has 2 aromatic rings. The number of hydrogen-bond donors (Lipinski definition) is 1. The number of benzene rings is 1. The minimum absolute atomic E-state index is 0.00365. The lowest BCUT2D eigenvalue weighted by Crippen LogP contribution is -2.32. The van der Waals surface area contributed by atoms with Crippen LogP contribution in [0.5, 0.6) is 5.75 Å². The highest BCUT2D eigenvalue weighted by atomic mass is 79.9. The number of carbonyl (C=O) groups is 1. The Morgan fingerprint density at radius 2 is 2.14 bits per heavy atom. The van der Waals surface area contributed by atoms with Crippen molar-refractivity contribution in [3.05, 3.63) is 58.3 Å². The zero-order valence-corrected chi connectivity index (χ0v) is 13.0. The van der Waals surface area contributed by atoms with Crippen molar-refractivity contribution >= 4 is 21.8 Å². The van der Waals surface area contributed by atoms with E-state index in [0.29, 0.717) is 22.8 Å². The highest BCUT2D eigenvalue weighted by molar-refractivity contribution is 9.10. The molecule has 0 unspecified atom stereocenters. The van der Waals surface area contributed by atoms with Gasteiger partial charge < -0.3 is 10.0 Å². The van der Waals surface area contributed by atoms with Crippen molar-refractivity contribution in [2.75, 3.05) is 0 Å². The van der Waals surface area contributed by atoms with E-state index < -0.39 is 0 Å². The third-order valence-corrected chi connectivity index (χ3v) is 3.92. The number of halogens is 1. The molecule has 1 fully saturated rings. The van der Waals surface area contributed by atoms with Crippen molar-refractivity contribution in [2.45, 2.75) is 25.4 Å². The summed E-state index contributed by atoms with van der Waals surface area (Å²) in [5, 5.41) is 9.55. The molecule has 1 heterocycles. The van der Waals surface area contributed by atoms with Gasteiger partial charge in [0.05, 0.1) is 0 Å². The van der Waals surface area contributed by atoms with Crippen molar-refractivity contribution in [1.82, 2.24) is 9.88 Å². The number of rotatable bonds is 4. The number of aromatic nitrogens is 1. The first-order valence-electron chi connectivity index (χ1n) is 6.84. The van der Waals surface area contributed by atoms with Crippen molar-refractivity contribution in [3.8, 4) is 5.75 Å². The van der Waals surface area contributed by atoms with Crippen LogP contribution in [0.1, 0.15) is 28.8 Å². The predicted molar refractivity (Wildman–Crippen MR) is 82.9 cm³/mol. The summed E-state index contributed by atoms with van der Waals surface area (Å²) in [5.74, 6) is 0.228. The van der Waals surface area contributed by atoms with Crippen molar-refractivity contribution in [2.24, 2.45) is 0 Å². The Balaban J connectivity index is 1.83. The SMILES string of the molecule is O=C(c1ccnc(Br)c1)N(Cc1cccc(O)c1)C1CC1. The second-order valence-electron chi connectivity index (χ2n) is 5.20. The van der Waals surface area contributed by atoms with Crippen molar-refractivity contribution in [3.63, 3.8) is 0 Å². The minimum atomic E-state index is 0.00365. The van der Waals surface area contributed by atoms with Crippen LogP contribution in [0, 0.1) is 0 Å². The van der Waals surface area contributed by atoms with Gasteiger partial charge in [-0.15, -0.1) is 0 Å². The van der Waals surface area contributed by atoms with Gasteiger partial charge in [0, 0.05) is 24.3 Å². The highest BCUT2D eigenvalue weighted by Gasteiger charge is 2.33. The van der Waals surface area contributed by atoms with Crippen LogP contribution in [-0.4, -0.2) is 26.9 Å². The fourth-order valence-electron chi connectivity index (χ4n) is 2.31. The van der Waals surface area contributed by atoms with Crippen LogP contribution in [-0.2, 0) is 6.54 Å². The molecule has 1 aromatic carbocycles. The fourth-order valence-corrected chi connectivity index (χ4v) is 2.67. The summed E-state index contributed by atoms with van der Waals surface area (Å²) in [6.45, 7) is 0.512. The molecule has 1 N–H and O–H groups in total. The molecule has 1 aromatic heterocycles. The van der Waals surface area contributed by atoms with Crippen LogP contribution < -0.4 is 0 Å². The van der Waals surface area contributed by atoms with Crippen LogP contribution >= 0.6 is 15.9 Å².